The van der Waals surface area contributed by atoms with Gasteiger partial charge in [0.2, 0.25) is 11.8 Å². The van der Waals surface area contributed by atoms with Crippen LogP contribution in [0, 0.1) is 6.92 Å². The second-order valence-electron chi connectivity index (χ2n) is 8.66. The number of carbonyl (C=O) groups is 2. The Morgan fingerprint density at radius 1 is 1.03 bits per heavy atom. The van der Waals surface area contributed by atoms with Gasteiger partial charge in [0, 0.05) is 38.2 Å². The summed E-state index contributed by atoms with van der Waals surface area (Å²) in [4.78, 5) is 25.9. The molecule has 0 spiro atoms. The SMILES string of the molecule is C=O.CCC(=O)NCCc1ccc(P)cc1.CCc1nc(-c2ccc(CN3CCOCC3)cc2)oc1C. The van der Waals surface area contributed by atoms with E-state index in [2.05, 4.69) is 79.9 Å². The number of nitrogens with one attached hydrogen (secondary N) is 1. The van der Waals surface area contributed by atoms with Crippen LogP contribution in [0.1, 0.15) is 42.8 Å². The van der Waals surface area contributed by atoms with Gasteiger partial charge in [-0.3, -0.25) is 9.69 Å². The molecule has 1 aromatic heterocycles. The molecule has 0 aliphatic carbocycles. The number of ether oxygens (including phenoxy) is 1. The van der Waals surface area contributed by atoms with Crippen LogP contribution in [0.15, 0.2) is 52.9 Å². The van der Waals surface area contributed by atoms with Crippen molar-refractivity contribution < 1.29 is 18.7 Å². The molecule has 0 radical (unpaired) electrons. The molecule has 1 N–H and O–H groups in total. The summed E-state index contributed by atoms with van der Waals surface area (Å²) in [5, 5.41) is 4.04. The fourth-order valence-electron chi connectivity index (χ4n) is 3.81. The van der Waals surface area contributed by atoms with Crippen molar-refractivity contribution in [3.8, 4) is 11.5 Å². The zero-order valence-electron chi connectivity index (χ0n) is 22.3. The number of aryl methyl sites for hydroxylation is 2. The van der Waals surface area contributed by atoms with E-state index in [1.165, 1.54) is 16.4 Å². The number of rotatable bonds is 8. The van der Waals surface area contributed by atoms with E-state index in [1.807, 2.05) is 20.6 Å². The number of carbonyl (C=O) groups excluding carboxylic acids is 2. The second kappa shape index (κ2) is 16.8. The maximum Gasteiger partial charge on any atom is 0.226 e. The highest BCUT2D eigenvalue weighted by Gasteiger charge is 2.12. The molecule has 1 fully saturated rings. The number of amides is 1. The van der Waals surface area contributed by atoms with Crippen LogP contribution >= 0.6 is 9.24 Å². The normalized spacial score (nSPS) is 13.1. The van der Waals surface area contributed by atoms with E-state index in [0.717, 1.165) is 75.1 Å². The van der Waals surface area contributed by atoms with Gasteiger partial charge in [-0.1, -0.05) is 50.2 Å². The van der Waals surface area contributed by atoms with Crippen LogP contribution in [-0.4, -0.2) is 55.4 Å². The molecule has 4 rings (SSSR count). The highest BCUT2D eigenvalue weighted by molar-refractivity contribution is 7.27. The lowest BCUT2D eigenvalue weighted by Crippen LogP contribution is -2.35. The van der Waals surface area contributed by atoms with E-state index in [-0.39, 0.29) is 5.91 Å². The summed E-state index contributed by atoms with van der Waals surface area (Å²) in [6.07, 6.45) is 2.37. The maximum atomic E-state index is 10.9. The first kappa shape index (κ1) is 30.4. The largest absolute Gasteiger partial charge is 0.441 e. The molecule has 1 aliphatic heterocycles. The molecule has 0 bridgehead atoms. The van der Waals surface area contributed by atoms with Crippen LogP contribution in [0.5, 0.6) is 0 Å². The van der Waals surface area contributed by atoms with Gasteiger partial charge in [-0.05, 0) is 48.3 Å². The first-order valence-corrected chi connectivity index (χ1v) is 13.3. The molecule has 2 aromatic carbocycles. The van der Waals surface area contributed by atoms with Crippen LogP contribution in [0.3, 0.4) is 0 Å². The van der Waals surface area contributed by atoms with Crippen LogP contribution in [0.4, 0.5) is 0 Å². The smallest absolute Gasteiger partial charge is 0.226 e. The predicted octanol–water partition coefficient (Wildman–Crippen LogP) is 4.12. The molecule has 3 aromatic rings. The fourth-order valence-corrected chi connectivity index (χ4v) is 4.00. The average Bonchev–Trinajstić information content (AvgIpc) is 3.32. The van der Waals surface area contributed by atoms with E-state index < -0.39 is 0 Å². The maximum absolute atomic E-state index is 10.9. The molecule has 2 heterocycles. The third-order valence-electron chi connectivity index (χ3n) is 5.98. The lowest BCUT2D eigenvalue weighted by Gasteiger charge is -2.26. The van der Waals surface area contributed by atoms with Crippen LogP contribution in [0.2, 0.25) is 0 Å². The Labute approximate surface area is 223 Å². The Bertz CT molecular complexity index is 1060. The van der Waals surface area contributed by atoms with Crippen molar-refractivity contribution in [1.82, 2.24) is 15.2 Å². The molecule has 1 amide bonds. The van der Waals surface area contributed by atoms with Gasteiger partial charge in [-0.15, -0.1) is 9.24 Å². The lowest BCUT2D eigenvalue weighted by molar-refractivity contribution is -0.120. The van der Waals surface area contributed by atoms with Gasteiger partial charge in [0.25, 0.3) is 0 Å². The Morgan fingerprint density at radius 3 is 2.22 bits per heavy atom. The van der Waals surface area contributed by atoms with Gasteiger partial charge in [0.05, 0.1) is 18.9 Å². The van der Waals surface area contributed by atoms with Crippen LogP contribution < -0.4 is 10.6 Å². The summed E-state index contributed by atoms with van der Waals surface area (Å²) in [5.41, 5.74) is 4.66. The van der Waals surface area contributed by atoms with Gasteiger partial charge in [-0.25, -0.2) is 4.98 Å². The topological polar surface area (TPSA) is 84.7 Å². The van der Waals surface area contributed by atoms with Gasteiger partial charge in [0.1, 0.15) is 12.5 Å². The minimum absolute atomic E-state index is 0.118. The van der Waals surface area contributed by atoms with Gasteiger partial charge in [0.15, 0.2) is 0 Å². The van der Waals surface area contributed by atoms with Crippen molar-refractivity contribution in [1.29, 1.82) is 0 Å². The van der Waals surface area contributed by atoms with Crippen molar-refractivity contribution in [2.24, 2.45) is 0 Å². The van der Waals surface area contributed by atoms with Crippen molar-refractivity contribution in [3.05, 3.63) is 71.1 Å². The van der Waals surface area contributed by atoms with Gasteiger partial charge >= 0.3 is 0 Å². The zero-order valence-corrected chi connectivity index (χ0v) is 23.4. The van der Waals surface area contributed by atoms with E-state index in [4.69, 9.17) is 13.9 Å². The van der Waals surface area contributed by atoms with Crippen LogP contribution in [0.25, 0.3) is 11.5 Å². The molecule has 8 heteroatoms. The van der Waals surface area contributed by atoms with Crippen molar-refractivity contribution in [2.45, 2.75) is 46.6 Å². The van der Waals surface area contributed by atoms with Crippen molar-refractivity contribution in [2.75, 3.05) is 32.8 Å². The minimum Gasteiger partial charge on any atom is -0.441 e. The number of nitrogens with zero attached hydrogens (tertiary/aromatic N) is 2. The van der Waals surface area contributed by atoms with Gasteiger partial charge in [-0.2, -0.15) is 0 Å². The number of hydrogen-bond acceptors (Lipinski definition) is 6. The summed E-state index contributed by atoms with van der Waals surface area (Å²) in [6.45, 7) is 13.3. The number of oxazole rings is 1. The standard InChI is InChI=1S/C17H22N2O2.C11H16NOP.CH2O/c1-3-16-13(2)21-17(18-16)15-6-4-14(5-7-15)12-19-8-10-20-11-9-19;1-2-11(13)12-8-7-9-3-5-10(14)6-4-9;1-2/h4-7H,3,8-12H2,1-2H3;3-6H,2,7-8,14H2,1H3,(H,12,13);1H2. The van der Waals surface area contributed by atoms with Crippen molar-refractivity contribution >= 4 is 27.2 Å². The predicted molar refractivity (Wildman–Crippen MR) is 152 cm³/mol. The number of hydrogen-bond donors (Lipinski definition) is 1. The van der Waals surface area contributed by atoms with Gasteiger partial charge < -0.3 is 19.3 Å². The lowest BCUT2D eigenvalue weighted by atomic mass is 10.1. The summed E-state index contributed by atoms with van der Waals surface area (Å²) in [7, 11) is 2.65. The summed E-state index contributed by atoms with van der Waals surface area (Å²) in [6, 6.07) is 16.8. The van der Waals surface area contributed by atoms with E-state index >= 15 is 0 Å². The highest BCUT2D eigenvalue weighted by atomic mass is 31.0. The zero-order chi connectivity index (χ0) is 27.0. The molecular weight excluding hydrogens is 485 g/mol. The monoisotopic (exact) mass is 525 g/mol. The first-order chi connectivity index (χ1) is 18.0. The molecule has 1 unspecified atom stereocenters. The number of benzene rings is 2. The quantitative estimate of drug-likeness (QED) is 0.446. The van der Waals surface area contributed by atoms with Crippen LogP contribution in [-0.2, 0) is 33.7 Å². The summed E-state index contributed by atoms with van der Waals surface area (Å²) >= 11 is 0. The molecule has 37 heavy (non-hydrogen) atoms. The van der Waals surface area contributed by atoms with E-state index in [0.29, 0.717) is 6.42 Å². The summed E-state index contributed by atoms with van der Waals surface area (Å²) < 4.78 is 11.1. The average molecular weight is 526 g/mol. The molecule has 0 saturated carbocycles. The Hall–Kier alpha value is -2.86. The molecule has 1 atom stereocenters. The molecule has 7 nitrogen and oxygen atoms in total. The van der Waals surface area contributed by atoms with Crippen molar-refractivity contribution in [3.63, 3.8) is 0 Å². The molecular formula is C29H40N3O4P. The first-order valence-electron chi connectivity index (χ1n) is 12.7. The fraction of sp³-hybridized carbons (Fsp3) is 0.414. The molecule has 1 saturated heterocycles. The Morgan fingerprint density at radius 2 is 1.65 bits per heavy atom. The van der Waals surface area contributed by atoms with E-state index in [1.54, 1.807) is 0 Å². The Balaban J connectivity index is 0.000000263. The number of aromatic nitrogens is 1. The van der Waals surface area contributed by atoms with E-state index in [9.17, 15) is 4.79 Å². The highest BCUT2D eigenvalue weighted by Crippen LogP contribution is 2.22. The Kier molecular flexibility index (Phi) is 13.8. The summed E-state index contributed by atoms with van der Waals surface area (Å²) in [5.74, 6) is 1.76. The minimum atomic E-state index is 0.118. The number of morpholine rings is 1. The third kappa shape index (κ3) is 10.6. The third-order valence-corrected chi connectivity index (χ3v) is 6.36. The molecule has 1 aliphatic rings. The second-order valence-corrected chi connectivity index (χ2v) is 9.32. The molecule has 200 valence electrons.